The van der Waals surface area contributed by atoms with Crippen LogP contribution in [0.3, 0.4) is 0 Å². The van der Waals surface area contributed by atoms with Crippen LogP contribution in [0.25, 0.3) is 0 Å². The molecule has 0 atom stereocenters. The topological polar surface area (TPSA) is 12.5 Å². The van der Waals surface area contributed by atoms with Crippen LogP contribution < -0.4 is 9.64 Å². The Labute approximate surface area is 140 Å². The van der Waals surface area contributed by atoms with Crippen molar-refractivity contribution in [2.45, 2.75) is 39.5 Å². The second kappa shape index (κ2) is 7.08. The summed E-state index contributed by atoms with van der Waals surface area (Å²) in [6, 6.07) is 15.3. The van der Waals surface area contributed by atoms with Crippen LogP contribution in [0.1, 0.15) is 42.9 Å². The molecular formula is C21H27NO. The van der Waals surface area contributed by atoms with Crippen LogP contribution in [0.5, 0.6) is 5.75 Å². The second-order valence-corrected chi connectivity index (χ2v) is 6.76. The lowest BCUT2D eigenvalue weighted by atomic mass is 10.0. The zero-order valence-corrected chi connectivity index (χ0v) is 14.5. The Morgan fingerprint density at radius 1 is 1.13 bits per heavy atom. The molecule has 0 radical (unpaired) electrons. The van der Waals surface area contributed by atoms with Crippen molar-refractivity contribution in [2.24, 2.45) is 0 Å². The zero-order valence-electron chi connectivity index (χ0n) is 14.5. The number of para-hydroxylation sites is 1. The van der Waals surface area contributed by atoms with Crippen LogP contribution in [0.4, 0.5) is 5.69 Å². The molecule has 23 heavy (non-hydrogen) atoms. The Bertz CT molecular complexity index is 663. The van der Waals surface area contributed by atoms with E-state index < -0.39 is 0 Å². The molecule has 2 heteroatoms. The third-order valence-electron chi connectivity index (χ3n) is 4.62. The minimum Gasteiger partial charge on any atom is -0.491 e. The van der Waals surface area contributed by atoms with Crippen molar-refractivity contribution < 1.29 is 4.74 Å². The van der Waals surface area contributed by atoms with Gasteiger partial charge < -0.3 is 9.64 Å². The molecule has 122 valence electrons. The molecule has 0 unspecified atom stereocenters. The Balaban J connectivity index is 1.66. The molecule has 1 aliphatic heterocycles. The Morgan fingerprint density at radius 2 is 1.96 bits per heavy atom. The highest BCUT2D eigenvalue weighted by Gasteiger charge is 2.16. The monoisotopic (exact) mass is 309 g/mol. The molecule has 2 aromatic rings. The molecule has 0 saturated carbocycles. The van der Waals surface area contributed by atoms with E-state index in [1.807, 2.05) is 0 Å². The highest BCUT2D eigenvalue weighted by atomic mass is 16.5. The minimum absolute atomic E-state index is 0.487. The van der Waals surface area contributed by atoms with Gasteiger partial charge in [-0.3, -0.25) is 0 Å². The fourth-order valence-electron chi connectivity index (χ4n) is 3.35. The average molecular weight is 309 g/mol. The number of anilines is 1. The van der Waals surface area contributed by atoms with Crippen LogP contribution in [-0.4, -0.2) is 19.7 Å². The van der Waals surface area contributed by atoms with Gasteiger partial charge >= 0.3 is 0 Å². The highest BCUT2D eigenvalue weighted by Crippen LogP contribution is 2.29. The first-order valence-electron chi connectivity index (χ1n) is 8.71. The third-order valence-corrected chi connectivity index (χ3v) is 4.62. The van der Waals surface area contributed by atoms with E-state index in [0.29, 0.717) is 5.92 Å². The zero-order chi connectivity index (χ0) is 16.2. The number of fused-ring (bicyclic) bond motifs is 1. The van der Waals surface area contributed by atoms with Crippen LogP contribution in [-0.2, 0) is 6.42 Å². The maximum atomic E-state index is 6.16. The molecule has 0 N–H and O–H groups in total. The van der Waals surface area contributed by atoms with Crippen molar-refractivity contribution in [1.82, 2.24) is 0 Å². The van der Waals surface area contributed by atoms with Crippen molar-refractivity contribution in [3.8, 4) is 5.75 Å². The maximum absolute atomic E-state index is 6.16. The largest absolute Gasteiger partial charge is 0.491 e. The first kappa shape index (κ1) is 15.9. The molecule has 0 saturated heterocycles. The molecule has 1 aliphatic rings. The van der Waals surface area contributed by atoms with Gasteiger partial charge in [-0.15, -0.1) is 0 Å². The van der Waals surface area contributed by atoms with Crippen molar-refractivity contribution in [3.63, 3.8) is 0 Å². The SMILES string of the molecule is Cc1ccc(C(C)C)c(OCCN2CCCc3ccccc32)c1. The minimum atomic E-state index is 0.487. The molecular weight excluding hydrogens is 282 g/mol. The van der Waals surface area contributed by atoms with Gasteiger partial charge in [-0.2, -0.15) is 0 Å². The first-order valence-corrected chi connectivity index (χ1v) is 8.71. The summed E-state index contributed by atoms with van der Waals surface area (Å²) >= 11 is 0. The average Bonchev–Trinajstić information content (AvgIpc) is 2.55. The molecule has 1 heterocycles. The van der Waals surface area contributed by atoms with Crippen molar-refractivity contribution in [2.75, 3.05) is 24.6 Å². The number of rotatable bonds is 5. The predicted octanol–water partition coefficient (Wildman–Crippen LogP) is 4.95. The second-order valence-electron chi connectivity index (χ2n) is 6.76. The summed E-state index contributed by atoms with van der Waals surface area (Å²) in [4.78, 5) is 2.46. The fourth-order valence-corrected chi connectivity index (χ4v) is 3.35. The molecule has 2 aromatic carbocycles. The van der Waals surface area contributed by atoms with Gasteiger partial charge in [-0.1, -0.05) is 44.2 Å². The van der Waals surface area contributed by atoms with Gasteiger partial charge in [0.05, 0.1) is 6.54 Å². The Morgan fingerprint density at radius 3 is 2.78 bits per heavy atom. The predicted molar refractivity (Wildman–Crippen MR) is 97.7 cm³/mol. The normalized spacial score (nSPS) is 14.0. The van der Waals surface area contributed by atoms with Gasteiger partial charge in [-0.25, -0.2) is 0 Å². The van der Waals surface area contributed by atoms with Gasteiger partial charge in [0.2, 0.25) is 0 Å². The number of hydrogen-bond acceptors (Lipinski definition) is 2. The van der Waals surface area contributed by atoms with Gasteiger partial charge in [0.25, 0.3) is 0 Å². The smallest absolute Gasteiger partial charge is 0.123 e. The standard InChI is InChI=1S/C21H27NO/c1-16(2)19-11-10-17(3)15-21(19)23-14-13-22-12-6-8-18-7-4-5-9-20(18)22/h4-5,7,9-11,15-16H,6,8,12-14H2,1-3H3. The van der Waals surface area contributed by atoms with E-state index in [4.69, 9.17) is 4.74 Å². The number of benzene rings is 2. The van der Waals surface area contributed by atoms with E-state index in [0.717, 1.165) is 25.4 Å². The van der Waals surface area contributed by atoms with Gasteiger partial charge in [0.15, 0.2) is 0 Å². The van der Waals surface area contributed by atoms with E-state index in [1.165, 1.54) is 35.2 Å². The van der Waals surface area contributed by atoms with E-state index >= 15 is 0 Å². The molecule has 2 nitrogen and oxygen atoms in total. The molecule has 0 bridgehead atoms. The van der Waals surface area contributed by atoms with Crippen LogP contribution in [0.2, 0.25) is 0 Å². The van der Waals surface area contributed by atoms with E-state index in [1.54, 1.807) is 0 Å². The molecule has 0 aliphatic carbocycles. The maximum Gasteiger partial charge on any atom is 0.123 e. The van der Waals surface area contributed by atoms with Crippen LogP contribution >= 0.6 is 0 Å². The van der Waals surface area contributed by atoms with E-state index in [9.17, 15) is 0 Å². The quantitative estimate of drug-likeness (QED) is 0.775. The summed E-state index contributed by atoms with van der Waals surface area (Å²) < 4.78 is 6.16. The van der Waals surface area contributed by atoms with Crippen LogP contribution in [0.15, 0.2) is 42.5 Å². The molecule has 0 amide bonds. The van der Waals surface area contributed by atoms with Gasteiger partial charge in [0, 0.05) is 12.2 Å². The summed E-state index contributed by atoms with van der Waals surface area (Å²) in [6.45, 7) is 9.37. The molecule has 0 spiro atoms. The summed E-state index contributed by atoms with van der Waals surface area (Å²) in [5.41, 5.74) is 5.41. The lowest BCUT2D eigenvalue weighted by molar-refractivity contribution is 0.318. The fraction of sp³-hybridized carbons (Fsp3) is 0.429. The highest BCUT2D eigenvalue weighted by molar-refractivity contribution is 5.55. The Kier molecular flexibility index (Phi) is 4.90. The van der Waals surface area contributed by atoms with E-state index in [2.05, 4.69) is 68.1 Å². The molecule has 3 rings (SSSR count). The van der Waals surface area contributed by atoms with Crippen molar-refractivity contribution in [1.29, 1.82) is 0 Å². The lowest BCUT2D eigenvalue weighted by Gasteiger charge is -2.31. The molecule has 0 aromatic heterocycles. The van der Waals surface area contributed by atoms with Gasteiger partial charge in [0.1, 0.15) is 12.4 Å². The summed E-state index contributed by atoms with van der Waals surface area (Å²) in [5, 5.41) is 0. The molecule has 0 fully saturated rings. The number of ether oxygens (including phenoxy) is 1. The van der Waals surface area contributed by atoms with Crippen molar-refractivity contribution >= 4 is 5.69 Å². The van der Waals surface area contributed by atoms with Crippen molar-refractivity contribution in [3.05, 3.63) is 59.2 Å². The number of hydrogen-bond donors (Lipinski definition) is 0. The first-order chi connectivity index (χ1) is 11.1. The number of aryl methyl sites for hydroxylation is 2. The summed E-state index contributed by atoms with van der Waals surface area (Å²) in [7, 11) is 0. The number of nitrogens with zero attached hydrogens (tertiary/aromatic N) is 1. The third kappa shape index (κ3) is 3.69. The van der Waals surface area contributed by atoms with E-state index in [-0.39, 0.29) is 0 Å². The van der Waals surface area contributed by atoms with Gasteiger partial charge in [-0.05, 0) is 54.5 Å². The Hall–Kier alpha value is -1.96. The van der Waals surface area contributed by atoms with Crippen LogP contribution in [0, 0.1) is 6.92 Å². The lowest BCUT2D eigenvalue weighted by Crippen LogP contribution is -2.33. The summed E-state index contributed by atoms with van der Waals surface area (Å²) in [5.74, 6) is 1.53. The summed E-state index contributed by atoms with van der Waals surface area (Å²) in [6.07, 6.45) is 2.43.